The van der Waals surface area contributed by atoms with Crippen molar-refractivity contribution in [1.29, 1.82) is 0 Å². The summed E-state index contributed by atoms with van der Waals surface area (Å²) in [5.74, 6) is -0.0785. The third kappa shape index (κ3) is 8.23. The molecule has 0 saturated heterocycles. The molecule has 2 aromatic carbocycles. The summed E-state index contributed by atoms with van der Waals surface area (Å²) in [7, 11) is 0. The summed E-state index contributed by atoms with van der Waals surface area (Å²) in [6.45, 7) is 6.09. The van der Waals surface area contributed by atoms with Crippen molar-refractivity contribution in [2.45, 2.75) is 44.8 Å². The van der Waals surface area contributed by atoms with Crippen LogP contribution in [0.4, 0.5) is 16.2 Å². The van der Waals surface area contributed by atoms with Crippen molar-refractivity contribution < 1.29 is 33.7 Å². The van der Waals surface area contributed by atoms with Crippen molar-refractivity contribution in [2.75, 3.05) is 43.3 Å². The first-order chi connectivity index (χ1) is 21.3. The molecule has 12 heteroatoms. The molecule has 0 saturated carbocycles. The number of nitrogens with zero attached hydrogens (tertiary/aromatic N) is 2. The third-order valence-corrected chi connectivity index (χ3v) is 7.24. The molecule has 3 aromatic rings. The zero-order chi connectivity index (χ0) is 31.5. The SMILES string of the molecule is C=CCOC(=O)NCCCC[C@H](N)C(=O)N(CO)c1ccc(COc2cc3c(c4cccnc24)C(COC(C)=O)CN3)cc1. The maximum Gasteiger partial charge on any atom is 0.407 e. The number of carbonyl (C=O) groups is 3. The Hall–Kier alpha value is -4.68. The summed E-state index contributed by atoms with van der Waals surface area (Å²) < 4.78 is 16.3. The first-order valence-electron chi connectivity index (χ1n) is 14.5. The summed E-state index contributed by atoms with van der Waals surface area (Å²) in [6, 6.07) is 12.1. The van der Waals surface area contributed by atoms with Crippen LogP contribution in [0.25, 0.3) is 10.9 Å². The van der Waals surface area contributed by atoms with Gasteiger partial charge in [-0.3, -0.25) is 19.5 Å². The number of unbranched alkanes of at least 4 members (excludes halogenated alkanes) is 1. The van der Waals surface area contributed by atoms with E-state index in [0.717, 1.165) is 22.2 Å². The van der Waals surface area contributed by atoms with Gasteiger partial charge in [-0.2, -0.15) is 0 Å². The van der Waals surface area contributed by atoms with Gasteiger partial charge >= 0.3 is 12.1 Å². The van der Waals surface area contributed by atoms with E-state index in [9.17, 15) is 19.5 Å². The normalized spacial score (nSPS) is 14.2. The predicted molar refractivity (Wildman–Crippen MR) is 166 cm³/mol. The highest BCUT2D eigenvalue weighted by atomic mass is 16.5. The fourth-order valence-corrected chi connectivity index (χ4v) is 5.03. The molecule has 0 aliphatic carbocycles. The number of carbonyl (C=O) groups excluding carboxylic acids is 3. The number of aliphatic hydroxyl groups excluding tert-OH is 1. The van der Waals surface area contributed by atoms with Crippen molar-refractivity contribution in [3.8, 4) is 5.75 Å². The van der Waals surface area contributed by atoms with E-state index in [1.807, 2.05) is 30.3 Å². The fourth-order valence-electron chi connectivity index (χ4n) is 5.03. The van der Waals surface area contributed by atoms with E-state index in [0.29, 0.717) is 49.3 Å². The van der Waals surface area contributed by atoms with E-state index < -0.39 is 24.8 Å². The van der Waals surface area contributed by atoms with Crippen LogP contribution in [0.2, 0.25) is 0 Å². The highest BCUT2D eigenvalue weighted by Gasteiger charge is 2.28. The molecule has 2 amide bonds. The zero-order valence-corrected chi connectivity index (χ0v) is 24.8. The number of alkyl carbamates (subject to hydrolysis) is 1. The van der Waals surface area contributed by atoms with Crippen molar-refractivity contribution >= 4 is 40.2 Å². The molecule has 12 nitrogen and oxygen atoms in total. The molecule has 0 fully saturated rings. The number of hydrogen-bond acceptors (Lipinski definition) is 10. The Labute approximate surface area is 256 Å². The highest BCUT2D eigenvalue weighted by Crippen LogP contribution is 2.41. The number of nitrogens with one attached hydrogen (secondary N) is 2. The lowest BCUT2D eigenvalue weighted by molar-refractivity contribution is -0.141. The molecule has 234 valence electrons. The number of pyridine rings is 1. The number of nitrogens with two attached hydrogens (primary N) is 1. The summed E-state index contributed by atoms with van der Waals surface area (Å²) >= 11 is 0. The molecule has 0 bridgehead atoms. The molecule has 2 heterocycles. The van der Waals surface area contributed by atoms with Crippen LogP contribution in [-0.4, -0.2) is 67.1 Å². The molecule has 0 radical (unpaired) electrons. The van der Waals surface area contributed by atoms with Gasteiger partial charge in [0, 0.05) is 55.0 Å². The number of rotatable bonds is 15. The number of amides is 2. The standard InChI is InChI=1S/C32H39N5O7/c1-3-15-42-32(41)35-13-5-4-8-26(33)31(40)37(20-38)24-11-9-22(10-12-24)18-44-28-16-27-29(25-7-6-14-34-30(25)28)23(17-36-27)19-43-21(2)39/h3,6-7,9-12,14,16,23,26,36,38H,1,4-5,8,13,15,17-20,33H2,2H3,(H,35,41)/t23?,26-/m0/s1. The Kier molecular flexibility index (Phi) is 11.5. The molecule has 2 atom stereocenters. The van der Waals surface area contributed by atoms with E-state index in [1.165, 1.54) is 17.9 Å². The topological polar surface area (TPSA) is 165 Å². The predicted octanol–water partition coefficient (Wildman–Crippen LogP) is 3.58. The number of ether oxygens (including phenoxy) is 3. The number of fused-ring (bicyclic) bond motifs is 3. The summed E-state index contributed by atoms with van der Waals surface area (Å²) in [5, 5.41) is 16.9. The van der Waals surface area contributed by atoms with Gasteiger partial charge in [0.2, 0.25) is 5.91 Å². The smallest absolute Gasteiger partial charge is 0.407 e. The van der Waals surface area contributed by atoms with Gasteiger partial charge in [0.1, 0.15) is 31.2 Å². The number of benzene rings is 2. The van der Waals surface area contributed by atoms with E-state index in [4.69, 9.17) is 19.9 Å². The number of aromatic nitrogens is 1. The molecule has 4 rings (SSSR count). The first-order valence-corrected chi connectivity index (χ1v) is 14.5. The zero-order valence-electron chi connectivity index (χ0n) is 24.8. The molecule has 1 aliphatic heterocycles. The van der Waals surface area contributed by atoms with Crippen LogP contribution in [0.3, 0.4) is 0 Å². The van der Waals surface area contributed by atoms with Gasteiger partial charge in [0.25, 0.3) is 0 Å². The van der Waals surface area contributed by atoms with Crippen LogP contribution in [0, 0.1) is 0 Å². The van der Waals surface area contributed by atoms with Crippen LogP contribution in [0.5, 0.6) is 5.75 Å². The summed E-state index contributed by atoms with van der Waals surface area (Å²) in [5.41, 5.74) is 10.2. The monoisotopic (exact) mass is 605 g/mol. The highest BCUT2D eigenvalue weighted by molar-refractivity contribution is 5.97. The Morgan fingerprint density at radius 2 is 2.02 bits per heavy atom. The number of hydrogen-bond donors (Lipinski definition) is 4. The molecule has 1 aromatic heterocycles. The lowest BCUT2D eigenvalue weighted by Gasteiger charge is -2.24. The van der Waals surface area contributed by atoms with Gasteiger partial charge in [-0.25, -0.2) is 4.79 Å². The lowest BCUT2D eigenvalue weighted by atomic mass is 9.97. The van der Waals surface area contributed by atoms with Crippen molar-refractivity contribution in [3.63, 3.8) is 0 Å². The maximum absolute atomic E-state index is 13.0. The average Bonchev–Trinajstić information content (AvgIpc) is 3.45. The van der Waals surface area contributed by atoms with Gasteiger partial charge in [-0.1, -0.05) is 30.9 Å². The Bertz CT molecular complexity index is 1460. The average molecular weight is 606 g/mol. The summed E-state index contributed by atoms with van der Waals surface area (Å²) in [4.78, 5) is 41.6. The molecular weight excluding hydrogens is 566 g/mol. The van der Waals surface area contributed by atoms with Crippen LogP contribution in [-0.2, 0) is 25.7 Å². The van der Waals surface area contributed by atoms with Crippen LogP contribution in [0.15, 0.2) is 61.3 Å². The molecule has 44 heavy (non-hydrogen) atoms. The van der Waals surface area contributed by atoms with E-state index >= 15 is 0 Å². The van der Waals surface area contributed by atoms with Crippen molar-refractivity contribution in [1.82, 2.24) is 10.3 Å². The number of aliphatic hydroxyl groups is 1. The van der Waals surface area contributed by atoms with E-state index in [1.54, 1.807) is 18.3 Å². The van der Waals surface area contributed by atoms with Crippen molar-refractivity contribution in [3.05, 3.63) is 72.4 Å². The van der Waals surface area contributed by atoms with Crippen molar-refractivity contribution in [2.24, 2.45) is 5.73 Å². The van der Waals surface area contributed by atoms with E-state index in [-0.39, 0.29) is 31.7 Å². The molecule has 0 spiro atoms. The molecular formula is C32H39N5O7. The maximum atomic E-state index is 13.0. The Morgan fingerprint density at radius 3 is 2.75 bits per heavy atom. The second-order valence-electron chi connectivity index (χ2n) is 10.4. The minimum Gasteiger partial charge on any atom is -0.487 e. The molecule has 1 aliphatic rings. The summed E-state index contributed by atoms with van der Waals surface area (Å²) in [6.07, 6.45) is 4.30. The minimum atomic E-state index is -0.805. The largest absolute Gasteiger partial charge is 0.487 e. The van der Waals surface area contributed by atoms with Crippen LogP contribution in [0.1, 0.15) is 43.2 Å². The second-order valence-corrected chi connectivity index (χ2v) is 10.4. The Balaban J connectivity index is 1.33. The van der Waals surface area contributed by atoms with Gasteiger partial charge in [-0.15, -0.1) is 0 Å². The number of anilines is 2. The second kappa shape index (κ2) is 15.7. The van der Waals surface area contributed by atoms with Gasteiger partial charge in [0.05, 0.1) is 12.6 Å². The van der Waals surface area contributed by atoms with E-state index in [2.05, 4.69) is 22.2 Å². The molecule has 5 N–H and O–H groups in total. The quantitative estimate of drug-likeness (QED) is 0.0871. The van der Waals surface area contributed by atoms with Crippen LogP contribution < -0.4 is 26.0 Å². The fraction of sp³-hybridized carbons (Fsp3) is 0.375. The van der Waals surface area contributed by atoms with Crippen LogP contribution >= 0.6 is 0 Å². The Morgan fingerprint density at radius 1 is 1.23 bits per heavy atom. The third-order valence-electron chi connectivity index (χ3n) is 7.24. The first kappa shape index (κ1) is 32.2. The van der Waals surface area contributed by atoms with Gasteiger partial charge in [-0.05, 0) is 48.6 Å². The molecule has 1 unspecified atom stereocenters. The number of esters is 1. The van der Waals surface area contributed by atoms with Gasteiger partial charge < -0.3 is 35.7 Å². The van der Waals surface area contributed by atoms with Gasteiger partial charge in [0.15, 0.2) is 0 Å². The minimum absolute atomic E-state index is 0.0164. The lowest BCUT2D eigenvalue weighted by Crippen LogP contribution is -2.44.